The van der Waals surface area contributed by atoms with Crippen LogP contribution in [0.2, 0.25) is 5.02 Å². The maximum atomic E-state index is 13.9. The van der Waals surface area contributed by atoms with Crippen LogP contribution >= 0.6 is 11.6 Å². The Balaban J connectivity index is 2.15. The molecule has 0 amide bonds. The topological polar surface area (TPSA) is 26.3 Å². The minimum atomic E-state index is -0.729. The lowest BCUT2D eigenvalue weighted by Crippen LogP contribution is -2.45. The molecule has 0 bridgehead atoms. The molecule has 1 aromatic carbocycles. The zero-order valence-electron chi connectivity index (χ0n) is 12.6. The normalized spacial score (nSPS) is 25.8. The van der Waals surface area contributed by atoms with E-state index in [-0.39, 0.29) is 12.2 Å². The van der Waals surface area contributed by atoms with Crippen LogP contribution in [0.3, 0.4) is 0 Å². The maximum Gasteiger partial charge on any atom is 0.169 e. The van der Waals surface area contributed by atoms with Crippen molar-refractivity contribution in [1.29, 1.82) is 0 Å². The fraction of sp³-hybridized carbons (Fsp3) is 0.588. The number of hydrogen-bond acceptors (Lipinski definition) is 2. The molecule has 0 aromatic heterocycles. The first-order valence-electron chi connectivity index (χ1n) is 7.58. The van der Waals surface area contributed by atoms with Crippen LogP contribution in [0.15, 0.2) is 18.2 Å². The average molecular weight is 313 g/mol. The molecule has 4 heteroatoms. The first kappa shape index (κ1) is 16.4. The monoisotopic (exact) mass is 312 g/mol. The van der Waals surface area contributed by atoms with E-state index in [0.717, 1.165) is 25.7 Å². The third-order valence-corrected chi connectivity index (χ3v) is 4.61. The Morgan fingerprint density at radius 3 is 2.67 bits per heavy atom. The van der Waals surface area contributed by atoms with Gasteiger partial charge >= 0.3 is 0 Å². The van der Waals surface area contributed by atoms with Gasteiger partial charge in [0.15, 0.2) is 5.78 Å². The molecule has 1 fully saturated rings. The Morgan fingerprint density at radius 1 is 1.43 bits per heavy atom. The third-order valence-electron chi connectivity index (χ3n) is 4.38. The second-order valence-electron chi connectivity index (χ2n) is 5.95. The van der Waals surface area contributed by atoms with Crippen LogP contribution in [0.5, 0.6) is 0 Å². The van der Waals surface area contributed by atoms with Gasteiger partial charge in [-0.25, -0.2) is 4.39 Å². The van der Waals surface area contributed by atoms with Gasteiger partial charge in [-0.3, -0.25) is 4.79 Å². The van der Waals surface area contributed by atoms with Gasteiger partial charge in [0.25, 0.3) is 0 Å². The predicted octanol–water partition coefficient (Wildman–Crippen LogP) is 4.58. The lowest BCUT2D eigenvalue weighted by Gasteiger charge is -2.38. The van der Waals surface area contributed by atoms with Crippen LogP contribution in [0.4, 0.5) is 4.39 Å². The third kappa shape index (κ3) is 3.83. The summed E-state index contributed by atoms with van der Waals surface area (Å²) >= 11 is 5.75. The molecule has 0 spiro atoms. The van der Waals surface area contributed by atoms with Crippen LogP contribution in [0.1, 0.15) is 45.1 Å². The van der Waals surface area contributed by atoms with Gasteiger partial charge in [-0.1, -0.05) is 24.6 Å². The highest BCUT2D eigenvalue weighted by atomic mass is 35.5. The molecule has 0 radical (unpaired) electrons. The number of carbonyl (C=O) groups excluding carboxylic acids is 1. The van der Waals surface area contributed by atoms with Gasteiger partial charge < -0.3 is 4.74 Å². The highest BCUT2D eigenvalue weighted by Crippen LogP contribution is 2.36. The van der Waals surface area contributed by atoms with Gasteiger partial charge in [-0.2, -0.15) is 0 Å². The Bertz CT molecular complexity index is 508. The molecule has 2 rings (SSSR count). The van der Waals surface area contributed by atoms with Gasteiger partial charge in [0.05, 0.1) is 0 Å². The van der Waals surface area contributed by atoms with Crippen molar-refractivity contribution in [1.82, 2.24) is 0 Å². The second-order valence-corrected chi connectivity index (χ2v) is 6.38. The second kappa shape index (κ2) is 6.89. The number of rotatable bonds is 5. The SMILES string of the molecule is CCOC1(C(=O)Cc2ccc(Cl)cc2F)CCC(C)CC1. The van der Waals surface area contributed by atoms with E-state index in [1.165, 1.54) is 6.07 Å². The van der Waals surface area contributed by atoms with Crippen molar-refractivity contribution in [3.05, 3.63) is 34.6 Å². The van der Waals surface area contributed by atoms with E-state index in [2.05, 4.69) is 6.92 Å². The zero-order chi connectivity index (χ0) is 15.5. The largest absolute Gasteiger partial charge is 0.367 e. The Labute approximate surface area is 130 Å². The smallest absolute Gasteiger partial charge is 0.169 e. The van der Waals surface area contributed by atoms with Crippen LogP contribution in [-0.2, 0) is 16.0 Å². The predicted molar refractivity (Wildman–Crippen MR) is 82.1 cm³/mol. The van der Waals surface area contributed by atoms with Gasteiger partial charge in [-0.15, -0.1) is 0 Å². The number of benzene rings is 1. The van der Waals surface area contributed by atoms with Crippen LogP contribution in [-0.4, -0.2) is 18.0 Å². The van der Waals surface area contributed by atoms with Gasteiger partial charge in [-0.05, 0) is 56.2 Å². The fourth-order valence-electron chi connectivity index (χ4n) is 3.01. The molecular weight excluding hydrogens is 291 g/mol. The number of Topliss-reactive ketones (excluding diaryl/α,β-unsaturated/α-hetero) is 1. The van der Waals surface area contributed by atoms with Crippen molar-refractivity contribution in [2.45, 2.75) is 51.6 Å². The van der Waals surface area contributed by atoms with Crippen LogP contribution in [0, 0.1) is 11.7 Å². The van der Waals surface area contributed by atoms with Crippen molar-refractivity contribution in [3.8, 4) is 0 Å². The highest BCUT2D eigenvalue weighted by Gasteiger charge is 2.41. The summed E-state index contributed by atoms with van der Waals surface area (Å²) in [7, 11) is 0. The minimum Gasteiger partial charge on any atom is -0.367 e. The summed E-state index contributed by atoms with van der Waals surface area (Å²) in [5.41, 5.74) is -0.338. The van der Waals surface area contributed by atoms with E-state index in [1.54, 1.807) is 12.1 Å². The molecule has 2 nitrogen and oxygen atoms in total. The molecule has 0 unspecified atom stereocenters. The lowest BCUT2D eigenvalue weighted by atomic mass is 9.75. The van der Waals surface area contributed by atoms with Crippen LogP contribution < -0.4 is 0 Å². The van der Waals surface area contributed by atoms with E-state index in [9.17, 15) is 9.18 Å². The Kier molecular flexibility index (Phi) is 5.39. The summed E-state index contributed by atoms with van der Waals surface area (Å²) in [6.07, 6.45) is 3.49. The van der Waals surface area contributed by atoms with E-state index >= 15 is 0 Å². The molecule has 1 saturated carbocycles. The molecule has 0 saturated heterocycles. The quantitative estimate of drug-likeness (QED) is 0.795. The number of halogens is 2. The molecule has 116 valence electrons. The van der Waals surface area contributed by atoms with E-state index in [0.29, 0.717) is 23.1 Å². The van der Waals surface area contributed by atoms with Crippen molar-refractivity contribution in [2.75, 3.05) is 6.61 Å². The van der Waals surface area contributed by atoms with E-state index < -0.39 is 11.4 Å². The standard InChI is InChI=1S/C17H22ClFO2/c1-3-21-17(8-6-12(2)7-9-17)16(20)10-13-4-5-14(18)11-15(13)19/h4-5,11-12H,3,6-10H2,1-2H3. The molecule has 0 aliphatic heterocycles. The minimum absolute atomic E-state index is 0.0162. The summed E-state index contributed by atoms with van der Waals surface area (Å²) in [6, 6.07) is 4.45. The van der Waals surface area contributed by atoms with Crippen molar-refractivity contribution < 1.29 is 13.9 Å². The van der Waals surface area contributed by atoms with Gasteiger partial charge in [0.1, 0.15) is 11.4 Å². The number of carbonyl (C=O) groups is 1. The molecule has 21 heavy (non-hydrogen) atoms. The van der Waals surface area contributed by atoms with E-state index in [1.807, 2.05) is 6.92 Å². The summed E-state index contributed by atoms with van der Waals surface area (Å²) < 4.78 is 19.7. The fourth-order valence-corrected chi connectivity index (χ4v) is 3.17. The molecule has 0 heterocycles. The molecule has 0 N–H and O–H groups in total. The van der Waals surface area contributed by atoms with Gasteiger partial charge in [0.2, 0.25) is 0 Å². The number of ether oxygens (including phenoxy) is 1. The Morgan fingerprint density at radius 2 is 2.10 bits per heavy atom. The van der Waals surface area contributed by atoms with Crippen molar-refractivity contribution in [2.24, 2.45) is 5.92 Å². The number of hydrogen-bond donors (Lipinski definition) is 0. The summed E-state index contributed by atoms with van der Waals surface area (Å²) in [4.78, 5) is 12.7. The number of ketones is 1. The highest BCUT2D eigenvalue weighted by molar-refractivity contribution is 6.30. The maximum absolute atomic E-state index is 13.9. The zero-order valence-corrected chi connectivity index (χ0v) is 13.4. The lowest BCUT2D eigenvalue weighted by molar-refractivity contribution is -0.149. The molecule has 1 aromatic rings. The summed E-state index contributed by atoms with van der Waals surface area (Å²) in [5, 5.41) is 0.342. The molecular formula is C17H22ClFO2. The first-order valence-corrected chi connectivity index (χ1v) is 7.96. The summed E-state index contributed by atoms with van der Waals surface area (Å²) in [5.74, 6) is 0.183. The molecule has 1 aliphatic carbocycles. The van der Waals surface area contributed by atoms with Crippen molar-refractivity contribution >= 4 is 17.4 Å². The van der Waals surface area contributed by atoms with E-state index in [4.69, 9.17) is 16.3 Å². The molecule has 1 aliphatic rings. The van der Waals surface area contributed by atoms with Gasteiger partial charge in [0, 0.05) is 18.1 Å². The first-order chi connectivity index (χ1) is 9.97. The van der Waals surface area contributed by atoms with Crippen LogP contribution in [0.25, 0.3) is 0 Å². The average Bonchev–Trinajstić information content (AvgIpc) is 2.45. The molecule has 0 atom stereocenters. The van der Waals surface area contributed by atoms with Crippen molar-refractivity contribution in [3.63, 3.8) is 0 Å². The summed E-state index contributed by atoms with van der Waals surface area (Å²) in [6.45, 7) is 4.60. The Hall–Kier alpha value is -0.930.